The second-order valence-corrected chi connectivity index (χ2v) is 8.39. The molecule has 2 aromatic rings. The lowest BCUT2D eigenvalue weighted by molar-refractivity contribution is -0.370. The first kappa shape index (κ1) is 23.7. The van der Waals surface area contributed by atoms with E-state index in [1.807, 2.05) is 66.9 Å². The van der Waals surface area contributed by atoms with Crippen LogP contribution in [0.15, 0.2) is 60.7 Å². The molecular formula is C24H30O7S. The number of hydrogen-bond donors (Lipinski definition) is 0. The first-order valence-corrected chi connectivity index (χ1v) is 12.0. The van der Waals surface area contributed by atoms with E-state index >= 15 is 0 Å². The fraction of sp³-hybridized carbons (Fsp3) is 0.500. The Labute approximate surface area is 193 Å². The highest BCUT2D eigenvalue weighted by Crippen LogP contribution is 2.36. The average molecular weight is 463 g/mol. The standard InChI is InChI=1S/C24H30O7S/c1-25-24-22(29-16-32-2)21(28-15-26-13-17-9-5-3-6-10-17)20-19(30-24)14-27-23(31-20)18-11-7-4-8-12-18/h3-12,19-24H,13-16H2,1-2H3/t19-,20-,21+,22-,23-,24-/m1/s1. The van der Waals surface area contributed by atoms with Crippen LogP contribution in [0.2, 0.25) is 0 Å². The highest BCUT2D eigenvalue weighted by molar-refractivity contribution is 7.98. The van der Waals surface area contributed by atoms with Crippen molar-refractivity contribution in [3.8, 4) is 0 Å². The van der Waals surface area contributed by atoms with Crippen molar-refractivity contribution in [2.45, 2.75) is 43.6 Å². The Morgan fingerprint density at radius 3 is 2.41 bits per heavy atom. The maximum absolute atomic E-state index is 6.34. The number of benzene rings is 2. The zero-order valence-electron chi connectivity index (χ0n) is 18.3. The summed E-state index contributed by atoms with van der Waals surface area (Å²) in [5, 5.41) is 0. The number of methoxy groups -OCH3 is 1. The summed E-state index contributed by atoms with van der Waals surface area (Å²) in [7, 11) is 1.60. The van der Waals surface area contributed by atoms with Gasteiger partial charge in [-0.2, -0.15) is 0 Å². The van der Waals surface area contributed by atoms with Crippen LogP contribution in [0.3, 0.4) is 0 Å². The topological polar surface area (TPSA) is 64.6 Å². The van der Waals surface area contributed by atoms with Gasteiger partial charge in [-0.05, 0) is 11.8 Å². The number of hydrogen-bond acceptors (Lipinski definition) is 8. The largest absolute Gasteiger partial charge is 0.359 e. The zero-order valence-corrected chi connectivity index (χ0v) is 19.1. The van der Waals surface area contributed by atoms with Crippen LogP contribution in [-0.2, 0) is 39.8 Å². The Bertz CT molecular complexity index is 793. The van der Waals surface area contributed by atoms with E-state index in [0.717, 1.165) is 11.1 Å². The summed E-state index contributed by atoms with van der Waals surface area (Å²) >= 11 is 1.58. The van der Waals surface area contributed by atoms with Gasteiger partial charge in [0.2, 0.25) is 0 Å². The first-order chi connectivity index (χ1) is 15.8. The van der Waals surface area contributed by atoms with Crippen LogP contribution in [0, 0.1) is 0 Å². The molecule has 0 radical (unpaired) electrons. The fourth-order valence-corrected chi connectivity index (χ4v) is 4.18. The van der Waals surface area contributed by atoms with E-state index in [1.54, 1.807) is 18.9 Å². The molecule has 0 bridgehead atoms. The summed E-state index contributed by atoms with van der Waals surface area (Å²) < 4.78 is 42.0. The van der Waals surface area contributed by atoms with Crippen molar-refractivity contribution >= 4 is 11.8 Å². The molecule has 2 aliphatic rings. The van der Waals surface area contributed by atoms with Crippen LogP contribution in [0.5, 0.6) is 0 Å². The monoisotopic (exact) mass is 462 g/mol. The lowest BCUT2D eigenvalue weighted by Gasteiger charge is -2.48. The molecule has 7 nitrogen and oxygen atoms in total. The molecule has 32 heavy (non-hydrogen) atoms. The minimum Gasteiger partial charge on any atom is -0.359 e. The Morgan fingerprint density at radius 1 is 0.938 bits per heavy atom. The van der Waals surface area contributed by atoms with E-state index in [0.29, 0.717) is 19.2 Å². The molecule has 174 valence electrons. The molecule has 2 saturated heterocycles. The third-order valence-corrected chi connectivity index (χ3v) is 5.79. The van der Waals surface area contributed by atoms with Crippen LogP contribution in [0.1, 0.15) is 17.4 Å². The molecule has 4 rings (SSSR count). The lowest BCUT2D eigenvalue weighted by atomic mass is 9.97. The van der Waals surface area contributed by atoms with Crippen molar-refractivity contribution in [1.29, 1.82) is 0 Å². The van der Waals surface area contributed by atoms with Gasteiger partial charge in [-0.3, -0.25) is 0 Å². The van der Waals surface area contributed by atoms with E-state index in [4.69, 9.17) is 33.2 Å². The van der Waals surface area contributed by atoms with E-state index in [9.17, 15) is 0 Å². The number of fused-ring (bicyclic) bond motifs is 1. The van der Waals surface area contributed by atoms with Crippen molar-refractivity contribution in [2.24, 2.45) is 0 Å². The van der Waals surface area contributed by atoms with Gasteiger partial charge in [0.05, 0.1) is 19.2 Å². The maximum Gasteiger partial charge on any atom is 0.186 e. The minimum absolute atomic E-state index is 0.0958. The smallest absolute Gasteiger partial charge is 0.186 e. The van der Waals surface area contributed by atoms with Crippen molar-refractivity contribution < 1.29 is 33.2 Å². The molecule has 0 unspecified atom stereocenters. The molecule has 8 heteroatoms. The molecule has 6 atom stereocenters. The average Bonchev–Trinajstić information content (AvgIpc) is 2.86. The third kappa shape index (κ3) is 5.89. The van der Waals surface area contributed by atoms with Crippen molar-refractivity contribution in [3.63, 3.8) is 0 Å². The van der Waals surface area contributed by atoms with E-state index in [1.165, 1.54) is 0 Å². The Hall–Kier alpha value is -1.49. The molecule has 0 N–H and O–H groups in total. The van der Waals surface area contributed by atoms with Gasteiger partial charge in [-0.1, -0.05) is 60.7 Å². The molecule has 0 spiro atoms. The van der Waals surface area contributed by atoms with Gasteiger partial charge in [0, 0.05) is 12.7 Å². The summed E-state index contributed by atoms with van der Waals surface area (Å²) in [4.78, 5) is 0. The Balaban J connectivity index is 1.46. The van der Waals surface area contributed by atoms with Crippen molar-refractivity contribution in [1.82, 2.24) is 0 Å². The van der Waals surface area contributed by atoms with Gasteiger partial charge < -0.3 is 33.2 Å². The Kier molecular flexibility index (Phi) is 8.95. The highest BCUT2D eigenvalue weighted by Gasteiger charge is 2.51. The molecule has 0 aromatic heterocycles. The SMILES string of the molecule is CO[C@@H]1O[C@@H]2CO[C@@H](c3ccccc3)O[C@H]2[C@H](OCOCc2ccccc2)[C@H]1OCSC. The van der Waals surface area contributed by atoms with Crippen LogP contribution in [0.25, 0.3) is 0 Å². The Morgan fingerprint density at radius 2 is 1.69 bits per heavy atom. The molecule has 0 aliphatic carbocycles. The van der Waals surface area contributed by atoms with Gasteiger partial charge in [0.25, 0.3) is 0 Å². The quantitative estimate of drug-likeness (QED) is 0.391. The van der Waals surface area contributed by atoms with Gasteiger partial charge in [0.1, 0.15) is 31.2 Å². The van der Waals surface area contributed by atoms with Crippen LogP contribution < -0.4 is 0 Å². The van der Waals surface area contributed by atoms with E-state index in [-0.39, 0.29) is 12.9 Å². The predicted molar refractivity (Wildman–Crippen MR) is 120 cm³/mol. The van der Waals surface area contributed by atoms with Crippen molar-refractivity contribution in [3.05, 3.63) is 71.8 Å². The zero-order chi connectivity index (χ0) is 22.2. The van der Waals surface area contributed by atoms with Gasteiger partial charge >= 0.3 is 0 Å². The van der Waals surface area contributed by atoms with Crippen LogP contribution in [0.4, 0.5) is 0 Å². The number of rotatable bonds is 10. The van der Waals surface area contributed by atoms with Crippen LogP contribution in [-0.4, -0.2) is 63.4 Å². The van der Waals surface area contributed by atoms with Gasteiger partial charge in [-0.25, -0.2) is 0 Å². The minimum atomic E-state index is -0.594. The van der Waals surface area contributed by atoms with E-state index < -0.39 is 30.9 Å². The number of ether oxygens (including phenoxy) is 7. The summed E-state index contributed by atoms with van der Waals surface area (Å²) in [5.74, 6) is 0.481. The number of thioether (sulfide) groups is 1. The molecule has 0 amide bonds. The molecule has 2 heterocycles. The second-order valence-electron chi connectivity index (χ2n) is 7.58. The predicted octanol–water partition coefficient (Wildman–Crippen LogP) is 3.74. The van der Waals surface area contributed by atoms with Gasteiger partial charge in [-0.15, -0.1) is 11.8 Å². The highest BCUT2D eigenvalue weighted by atomic mass is 32.2. The lowest BCUT2D eigenvalue weighted by Crippen LogP contribution is -2.63. The molecular weight excluding hydrogens is 432 g/mol. The fourth-order valence-electron chi connectivity index (χ4n) is 3.89. The molecule has 2 aromatic carbocycles. The summed E-state index contributed by atoms with van der Waals surface area (Å²) in [6, 6.07) is 19.8. The molecule has 2 fully saturated rings. The summed E-state index contributed by atoms with van der Waals surface area (Å²) in [5.41, 5.74) is 2.03. The normalized spacial score (nSPS) is 30.1. The van der Waals surface area contributed by atoms with Gasteiger partial charge in [0.15, 0.2) is 12.6 Å². The molecule has 2 aliphatic heterocycles. The molecule has 0 saturated carbocycles. The first-order valence-electron chi connectivity index (χ1n) is 10.6. The van der Waals surface area contributed by atoms with E-state index in [2.05, 4.69) is 0 Å². The van der Waals surface area contributed by atoms with Crippen LogP contribution >= 0.6 is 11.8 Å². The summed E-state index contributed by atoms with van der Waals surface area (Å²) in [6.07, 6.45) is -0.773. The summed E-state index contributed by atoms with van der Waals surface area (Å²) in [6.45, 7) is 0.918. The second kappa shape index (κ2) is 12.1. The maximum atomic E-state index is 6.34. The van der Waals surface area contributed by atoms with Crippen molar-refractivity contribution in [2.75, 3.05) is 32.7 Å². The third-order valence-electron chi connectivity index (χ3n) is 5.42.